The number of amides is 1. The number of carbonyl (C=O) groups is 2. The van der Waals surface area contributed by atoms with Crippen LogP contribution in [0.2, 0.25) is 5.02 Å². The quantitative estimate of drug-likeness (QED) is 0.616. The molecule has 0 fully saturated rings. The minimum absolute atomic E-state index is 0. The van der Waals surface area contributed by atoms with E-state index in [1.54, 1.807) is 0 Å². The number of nitrogens with one attached hydrogen (secondary N) is 2. The van der Waals surface area contributed by atoms with Crippen molar-refractivity contribution < 1.29 is 19.1 Å². The Bertz CT molecular complexity index is 1060. The van der Waals surface area contributed by atoms with E-state index in [1.807, 2.05) is 0 Å². The number of hydrogen-bond donors (Lipinski definition) is 3. The lowest BCUT2D eigenvalue weighted by Gasteiger charge is -2.09. The first-order chi connectivity index (χ1) is 11.9. The van der Waals surface area contributed by atoms with E-state index < -0.39 is 29.7 Å². The van der Waals surface area contributed by atoms with Gasteiger partial charge in [-0.25, -0.2) is 13.9 Å². The van der Waals surface area contributed by atoms with Crippen molar-refractivity contribution >= 4 is 41.5 Å². The second kappa shape index (κ2) is 7.54. The van der Waals surface area contributed by atoms with Gasteiger partial charge in [0.25, 0.3) is 5.91 Å². The number of pyridine rings is 1. The van der Waals surface area contributed by atoms with Gasteiger partial charge in [-0.2, -0.15) is 0 Å². The van der Waals surface area contributed by atoms with Gasteiger partial charge in [0.05, 0.1) is 5.69 Å². The lowest BCUT2D eigenvalue weighted by atomic mass is 10.1. The number of aromatic amines is 1. The molecule has 0 aliphatic rings. The number of carboxylic acid groups (broad SMARTS) is 1. The maximum Gasteiger partial charge on any atom is 0.322 e. The summed E-state index contributed by atoms with van der Waals surface area (Å²) in [5.41, 5.74) is -0.903. The van der Waals surface area contributed by atoms with Crippen LogP contribution in [-0.4, -0.2) is 38.1 Å². The number of nitrogens with zero attached hydrogens (tertiary/aromatic N) is 2. The first-order valence-corrected chi connectivity index (χ1v) is 7.31. The normalized spacial score (nSPS) is 10.4. The van der Waals surface area contributed by atoms with E-state index in [4.69, 9.17) is 16.7 Å². The summed E-state index contributed by atoms with van der Waals surface area (Å²) in [5.74, 6) is -2.80. The topological polar surface area (TPSA) is 117 Å². The molecule has 0 atom stereocenters. The largest absolute Gasteiger partial charge is 0.480 e. The number of H-pyrrole nitrogens is 1. The van der Waals surface area contributed by atoms with Gasteiger partial charge in [0.2, 0.25) is 0 Å². The zero-order valence-corrected chi connectivity index (χ0v) is 14.4. The van der Waals surface area contributed by atoms with Gasteiger partial charge in [-0.1, -0.05) is 11.6 Å². The fourth-order valence-electron chi connectivity index (χ4n) is 2.35. The molecule has 1 aromatic carbocycles. The van der Waals surface area contributed by atoms with Crippen LogP contribution < -0.4 is 10.7 Å². The van der Waals surface area contributed by atoms with Gasteiger partial charge in [-0.15, -0.1) is 12.4 Å². The number of carboxylic acids is 1. The molecule has 2 heterocycles. The van der Waals surface area contributed by atoms with Crippen LogP contribution in [0.3, 0.4) is 0 Å². The number of carbonyl (C=O) groups excluding carboxylic acids is 1. The molecule has 0 saturated carbocycles. The highest BCUT2D eigenvalue weighted by Gasteiger charge is 2.21. The molecule has 0 radical (unpaired) electrons. The van der Waals surface area contributed by atoms with Crippen molar-refractivity contribution in [2.45, 2.75) is 0 Å². The van der Waals surface area contributed by atoms with Crippen LogP contribution in [0.5, 0.6) is 0 Å². The molecule has 0 spiro atoms. The zero-order chi connectivity index (χ0) is 18.1. The Labute approximate surface area is 156 Å². The van der Waals surface area contributed by atoms with Crippen LogP contribution in [0, 0.1) is 5.82 Å². The summed E-state index contributed by atoms with van der Waals surface area (Å²) < 4.78 is 15.4. The third kappa shape index (κ3) is 3.53. The summed E-state index contributed by atoms with van der Waals surface area (Å²) >= 11 is 5.73. The minimum Gasteiger partial charge on any atom is -0.480 e. The van der Waals surface area contributed by atoms with Crippen molar-refractivity contribution in [1.29, 1.82) is 0 Å². The summed E-state index contributed by atoms with van der Waals surface area (Å²) in [6.07, 6.45) is 1.22. The van der Waals surface area contributed by atoms with Crippen LogP contribution in [0.1, 0.15) is 10.4 Å². The molecular formula is C15H11Cl2FN4O4. The zero-order valence-electron chi connectivity index (χ0n) is 12.8. The molecule has 11 heteroatoms. The predicted octanol–water partition coefficient (Wildman–Crippen LogP) is 1.72. The Morgan fingerprint density at radius 2 is 2.08 bits per heavy atom. The van der Waals surface area contributed by atoms with Gasteiger partial charge in [0.1, 0.15) is 24.3 Å². The lowest BCUT2D eigenvalue weighted by Crippen LogP contribution is -2.33. The Hall–Kier alpha value is -2.91. The van der Waals surface area contributed by atoms with Crippen molar-refractivity contribution in [3.8, 4) is 11.3 Å². The summed E-state index contributed by atoms with van der Waals surface area (Å²) in [6, 6.07) is 5.01. The summed E-state index contributed by atoms with van der Waals surface area (Å²) in [5, 5.41) is 13.6. The van der Waals surface area contributed by atoms with Crippen molar-refractivity contribution in [3.63, 3.8) is 0 Å². The van der Waals surface area contributed by atoms with Crippen molar-refractivity contribution in [1.82, 2.24) is 19.9 Å². The fraction of sp³-hybridized carbons (Fsp3) is 0.0667. The average molecular weight is 401 g/mol. The Balaban J connectivity index is 0.00000243. The number of hydrogen-bond acceptors (Lipinski definition) is 4. The molecule has 26 heavy (non-hydrogen) atoms. The third-order valence-corrected chi connectivity index (χ3v) is 3.63. The maximum absolute atomic E-state index is 14.2. The van der Waals surface area contributed by atoms with Gasteiger partial charge >= 0.3 is 5.97 Å². The number of fused-ring (bicyclic) bond motifs is 1. The molecule has 0 aliphatic carbocycles. The molecule has 136 valence electrons. The molecular weight excluding hydrogens is 390 g/mol. The van der Waals surface area contributed by atoms with Gasteiger partial charge in [0, 0.05) is 16.7 Å². The first kappa shape index (κ1) is 19.4. The molecule has 3 N–H and O–H groups in total. The van der Waals surface area contributed by atoms with Crippen LogP contribution in [0.4, 0.5) is 4.39 Å². The van der Waals surface area contributed by atoms with Gasteiger partial charge in [-0.3, -0.25) is 19.5 Å². The molecule has 8 nitrogen and oxygen atoms in total. The van der Waals surface area contributed by atoms with Crippen molar-refractivity contribution in [2.24, 2.45) is 0 Å². The van der Waals surface area contributed by atoms with Crippen LogP contribution in [0.25, 0.3) is 16.9 Å². The van der Waals surface area contributed by atoms with Gasteiger partial charge in [-0.05, 0) is 18.2 Å². The number of benzene rings is 1. The fourth-order valence-corrected chi connectivity index (χ4v) is 2.51. The third-order valence-electron chi connectivity index (χ3n) is 3.40. The van der Waals surface area contributed by atoms with E-state index in [2.05, 4.69) is 15.4 Å². The predicted molar refractivity (Wildman–Crippen MR) is 93.4 cm³/mol. The van der Waals surface area contributed by atoms with E-state index in [9.17, 15) is 18.8 Å². The molecule has 0 bridgehead atoms. The molecule has 1 amide bonds. The Kier molecular flexibility index (Phi) is 5.63. The smallest absolute Gasteiger partial charge is 0.322 e. The molecule has 3 rings (SSSR count). The maximum atomic E-state index is 14.2. The number of aromatic nitrogens is 3. The minimum atomic E-state index is -1.26. The van der Waals surface area contributed by atoms with Gasteiger partial charge < -0.3 is 10.4 Å². The van der Waals surface area contributed by atoms with E-state index in [0.29, 0.717) is 0 Å². The summed E-state index contributed by atoms with van der Waals surface area (Å²) in [7, 11) is 0. The summed E-state index contributed by atoms with van der Waals surface area (Å²) in [6.45, 7) is -0.650. The average Bonchev–Trinajstić information content (AvgIpc) is 3.01. The second-order valence-electron chi connectivity index (χ2n) is 5.02. The molecule has 0 unspecified atom stereocenters. The van der Waals surface area contributed by atoms with E-state index in [0.717, 1.165) is 12.1 Å². The van der Waals surface area contributed by atoms with Gasteiger partial charge in [0.15, 0.2) is 11.1 Å². The second-order valence-corrected chi connectivity index (χ2v) is 5.45. The van der Waals surface area contributed by atoms with E-state index >= 15 is 0 Å². The van der Waals surface area contributed by atoms with E-state index in [-0.39, 0.29) is 39.9 Å². The molecule has 0 aliphatic heterocycles. The number of rotatable bonds is 4. The molecule has 0 saturated heterocycles. The van der Waals surface area contributed by atoms with Crippen molar-refractivity contribution in [3.05, 3.63) is 57.2 Å². The lowest BCUT2D eigenvalue weighted by molar-refractivity contribution is -0.135. The van der Waals surface area contributed by atoms with E-state index in [1.165, 1.54) is 23.0 Å². The highest BCUT2D eigenvalue weighted by molar-refractivity contribution is 6.30. The Morgan fingerprint density at radius 3 is 2.73 bits per heavy atom. The standard InChI is InChI=1S/C15H10ClFN4O4.ClH/c16-7-1-2-8(9(17)3-7)10-4-11(22)13(14-19-6-20-21(10)14)15(25)18-5-12(23)24;/h1-4,6H,5H2,(H,18,25)(H,19,20)(H,23,24);1H. The van der Waals surface area contributed by atoms with Crippen molar-refractivity contribution in [2.75, 3.05) is 6.54 Å². The van der Waals surface area contributed by atoms with Crippen LogP contribution in [-0.2, 0) is 4.79 Å². The highest BCUT2D eigenvalue weighted by atomic mass is 35.5. The summed E-state index contributed by atoms with van der Waals surface area (Å²) in [4.78, 5) is 39.0. The number of halogens is 3. The SMILES string of the molecule is Cl.O=C(O)CNC(=O)c1c(=O)cc(-c2ccc(Cl)cc2F)n2[nH]cnc12. The first-order valence-electron chi connectivity index (χ1n) is 6.93. The monoisotopic (exact) mass is 400 g/mol. The highest BCUT2D eigenvalue weighted by Crippen LogP contribution is 2.25. The van der Waals surface area contributed by atoms with Crippen LogP contribution >= 0.6 is 24.0 Å². The number of aliphatic carboxylic acids is 1. The Morgan fingerprint density at radius 1 is 1.35 bits per heavy atom. The van der Waals surface area contributed by atoms with Crippen LogP contribution in [0.15, 0.2) is 35.4 Å². The molecule has 2 aromatic heterocycles. The molecule has 3 aromatic rings.